The molecule has 3 rings (SSSR count). The average Bonchev–Trinajstić information content (AvgIpc) is 2.62. The molecule has 1 N–H and O–H groups in total. The first-order valence-corrected chi connectivity index (χ1v) is 7.09. The molecule has 27 heavy (non-hydrogen) atoms. The van der Waals surface area contributed by atoms with Crippen molar-refractivity contribution in [1.29, 1.82) is 0 Å². The number of phenolic OH excluding ortho intramolecular Hbond substituents is 1. The zero-order valence-corrected chi connectivity index (χ0v) is 13.3. The van der Waals surface area contributed by atoms with Crippen LogP contribution in [0.2, 0.25) is 0 Å². The number of aromatic nitrogens is 1. The lowest BCUT2D eigenvalue weighted by molar-refractivity contribution is -0.577. The fourth-order valence-corrected chi connectivity index (χ4v) is 2.11. The van der Waals surface area contributed by atoms with Gasteiger partial charge in [-0.25, -0.2) is 0 Å². The van der Waals surface area contributed by atoms with Crippen LogP contribution in [0.25, 0.3) is 10.9 Å². The molecule has 3 aromatic rings. The van der Waals surface area contributed by atoms with Gasteiger partial charge in [0.25, 0.3) is 11.4 Å². The second-order valence-electron chi connectivity index (χ2n) is 5.00. The number of para-hydroxylation sites is 1. The molecule has 0 fully saturated rings. The van der Waals surface area contributed by atoms with Crippen molar-refractivity contribution in [2.75, 3.05) is 0 Å². The Balaban J connectivity index is 0.000000206. The van der Waals surface area contributed by atoms with Crippen molar-refractivity contribution < 1.29 is 24.6 Å². The lowest BCUT2D eigenvalue weighted by Gasteiger charge is -1.98. The highest BCUT2D eigenvalue weighted by atomic mass is 16.6. The van der Waals surface area contributed by atoms with E-state index >= 15 is 0 Å². The molecule has 1 aromatic heterocycles. The van der Waals surface area contributed by atoms with E-state index in [0.29, 0.717) is 12.1 Å². The molecule has 1 heterocycles. The van der Waals surface area contributed by atoms with Crippen LogP contribution in [-0.2, 0) is 0 Å². The van der Waals surface area contributed by atoms with E-state index in [0.717, 1.165) is 15.6 Å². The van der Waals surface area contributed by atoms with Gasteiger partial charge in [-0.3, -0.25) is 30.3 Å². The molecule has 0 radical (unpaired) electrons. The molecule has 12 nitrogen and oxygen atoms in total. The normalized spacial score (nSPS) is 9.93. The number of hydrogen-bond donors (Lipinski definition) is 1. The van der Waals surface area contributed by atoms with E-state index in [-0.39, 0.29) is 0 Å². The summed E-state index contributed by atoms with van der Waals surface area (Å²) in [4.78, 5) is 27.8. The van der Waals surface area contributed by atoms with Crippen molar-refractivity contribution in [2.45, 2.75) is 0 Å². The highest BCUT2D eigenvalue weighted by molar-refractivity contribution is 5.75. The smallest absolute Gasteiger partial charge is 0.324 e. The summed E-state index contributed by atoms with van der Waals surface area (Å²) in [6.07, 6.45) is 1.50. The number of rotatable bonds is 3. The lowest BCUT2D eigenvalue weighted by atomic mass is 10.2. The number of nitro benzene ring substituents is 3. The summed E-state index contributed by atoms with van der Waals surface area (Å²) in [5.74, 6) is -1.21. The number of aromatic hydroxyl groups is 1. The van der Waals surface area contributed by atoms with E-state index in [1.165, 1.54) is 6.20 Å². The number of phenols is 1. The van der Waals surface area contributed by atoms with Gasteiger partial charge in [0.1, 0.15) is 0 Å². The molecule has 0 saturated carbocycles. The van der Waals surface area contributed by atoms with Crippen LogP contribution in [-0.4, -0.2) is 19.9 Å². The summed E-state index contributed by atoms with van der Waals surface area (Å²) in [7, 11) is 0. The molecule has 0 amide bonds. The molecule has 0 atom stereocenters. The average molecular weight is 374 g/mol. The molecule has 0 saturated heterocycles. The first kappa shape index (κ1) is 19.0. The second kappa shape index (κ2) is 7.69. The van der Waals surface area contributed by atoms with E-state index in [1.807, 2.05) is 30.3 Å². The quantitative estimate of drug-likeness (QED) is 0.314. The second-order valence-corrected chi connectivity index (χ2v) is 5.00. The maximum atomic E-state index is 11.1. The Kier molecular flexibility index (Phi) is 5.41. The summed E-state index contributed by atoms with van der Waals surface area (Å²) >= 11 is 0. The summed E-state index contributed by atoms with van der Waals surface area (Å²) in [6.45, 7) is 0. The van der Waals surface area contributed by atoms with E-state index in [4.69, 9.17) is 5.11 Å². The summed E-state index contributed by atoms with van der Waals surface area (Å²) in [6, 6.07) is 12.1. The fraction of sp³-hybridized carbons (Fsp3) is 0. The zero-order chi connectivity index (χ0) is 20.1. The third kappa shape index (κ3) is 4.19. The van der Waals surface area contributed by atoms with Crippen LogP contribution in [0.15, 0.2) is 54.7 Å². The number of pyridine rings is 1. The number of non-ortho nitro benzene ring substituents is 1. The summed E-state index contributed by atoms with van der Waals surface area (Å²) < 4.78 is 0.870. The molecular formula is C15H10N4O8. The summed E-state index contributed by atoms with van der Waals surface area (Å²) in [5, 5.41) is 52.3. The first-order chi connectivity index (χ1) is 12.7. The van der Waals surface area contributed by atoms with Gasteiger partial charge in [0.15, 0.2) is 6.20 Å². The molecule has 0 aliphatic rings. The van der Waals surface area contributed by atoms with Crippen LogP contribution in [0.1, 0.15) is 0 Å². The minimum atomic E-state index is -1.21. The standard InChI is InChI=1S/C9H7NO.C6H3N3O7/c11-10-7-3-5-8-4-1-2-6-9(8)10;10-6-4(8(13)14)1-3(7(11)12)2-5(6)9(15)16/h1-7H;1-2,10H. The van der Waals surface area contributed by atoms with Gasteiger partial charge in [0, 0.05) is 17.5 Å². The largest absolute Gasteiger partial charge is 0.618 e. The van der Waals surface area contributed by atoms with Crippen LogP contribution in [0.5, 0.6) is 5.75 Å². The van der Waals surface area contributed by atoms with E-state index in [1.54, 1.807) is 6.07 Å². The van der Waals surface area contributed by atoms with E-state index in [9.17, 15) is 35.6 Å². The van der Waals surface area contributed by atoms with Crippen molar-refractivity contribution in [2.24, 2.45) is 0 Å². The fourth-order valence-electron chi connectivity index (χ4n) is 2.11. The SMILES string of the molecule is O=[N+]([O-])c1cc([N+](=O)[O-])c(O)c([N+](=O)[O-])c1.[O-][n+]1cccc2ccccc21. The molecular weight excluding hydrogens is 364 g/mol. The maximum Gasteiger partial charge on any atom is 0.324 e. The number of nitrogens with zero attached hydrogens (tertiary/aromatic N) is 4. The highest BCUT2D eigenvalue weighted by Crippen LogP contribution is 2.38. The van der Waals surface area contributed by atoms with Crippen LogP contribution in [0.3, 0.4) is 0 Å². The van der Waals surface area contributed by atoms with Gasteiger partial charge in [-0.1, -0.05) is 12.1 Å². The number of benzene rings is 2. The number of hydrogen-bond acceptors (Lipinski definition) is 8. The molecule has 0 unspecified atom stereocenters. The van der Waals surface area contributed by atoms with E-state index in [2.05, 4.69) is 0 Å². The predicted octanol–water partition coefficient (Wildman–Crippen LogP) is 2.59. The summed E-state index contributed by atoms with van der Waals surface area (Å²) in [5.41, 5.74) is -2.28. The molecule has 0 aliphatic heterocycles. The van der Waals surface area contributed by atoms with Gasteiger partial charge in [-0.05, 0) is 12.1 Å². The third-order valence-corrected chi connectivity index (χ3v) is 3.33. The Bertz CT molecular complexity index is 1010. The van der Waals surface area contributed by atoms with Crippen LogP contribution < -0.4 is 4.73 Å². The molecule has 138 valence electrons. The Labute approximate surface area is 149 Å². The minimum Gasteiger partial charge on any atom is -0.618 e. The van der Waals surface area contributed by atoms with Gasteiger partial charge < -0.3 is 10.3 Å². The lowest BCUT2D eigenvalue weighted by Crippen LogP contribution is -2.25. The number of nitro groups is 3. The highest BCUT2D eigenvalue weighted by Gasteiger charge is 2.30. The zero-order valence-electron chi connectivity index (χ0n) is 13.3. The Morgan fingerprint density at radius 3 is 1.81 bits per heavy atom. The van der Waals surface area contributed by atoms with Crippen LogP contribution in [0, 0.1) is 35.6 Å². The van der Waals surface area contributed by atoms with Crippen LogP contribution >= 0.6 is 0 Å². The Morgan fingerprint density at radius 1 is 0.815 bits per heavy atom. The van der Waals surface area contributed by atoms with Gasteiger partial charge in [0.05, 0.1) is 26.9 Å². The first-order valence-electron chi connectivity index (χ1n) is 7.09. The Hall–Kier alpha value is -4.35. The molecule has 0 aliphatic carbocycles. The molecule has 0 spiro atoms. The van der Waals surface area contributed by atoms with Crippen molar-refractivity contribution in [3.63, 3.8) is 0 Å². The van der Waals surface area contributed by atoms with Gasteiger partial charge >= 0.3 is 11.4 Å². The maximum absolute atomic E-state index is 11.1. The molecule has 0 bridgehead atoms. The van der Waals surface area contributed by atoms with Crippen LogP contribution in [0.4, 0.5) is 17.1 Å². The monoisotopic (exact) mass is 374 g/mol. The van der Waals surface area contributed by atoms with Gasteiger partial charge in [-0.15, -0.1) is 0 Å². The van der Waals surface area contributed by atoms with Gasteiger partial charge in [-0.2, -0.15) is 4.73 Å². The van der Waals surface area contributed by atoms with Crippen molar-refractivity contribution in [3.05, 3.63) is 90.3 Å². The predicted molar refractivity (Wildman–Crippen MR) is 91.0 cm³/mol. The molecule has 12 heteroatoms. The minimum absolute atomic E-state index is 0.447. The topological polar surface area (TPSA) is 177 Å². The Morgan fingerprint density at radius 2 is 1.33 bits per heavy atom. The molecule has 2 aromatic carbocycles. The number of fused-ring (bicyclic) bond motifs is 1. The third-order valence-electron chi connectivity index (χ3n) is 3.33. The van der Waals surface area contributed by atoms with Crippen molar-refractivity contribution in [1.82, 2.24) is 0 Å². The van der Waals surface area contributed by atoms with Crippen molar-refractivity contribution in [3.8, 4) is 5.75 Å². The van der Waals surface area contributed by atoms with Gasteiger partial charge in [0.2, 0.25) is 5.52 Å². The van der Waals surface area contributed by atoms with E-state index < -0.39 is 37.6 Å². The van der Waals surface area contributed by atoms with Crippen molar-refractivity contribution >= 4 is 28.0 Å².